The predicted octanol–water partition coefficient (Wildman–Crippen LogP) is 2.00. The highest BCUT2D eigenvalue weighted by molar-refractivity contribution is 5.80. The minimum Gasteiger partial charge on any atom is -0.469 e. The lowest BCUT2D eigenvalue weighted by Gasteiger charge is -2.38. The van der Waals surface area contributed by atoms with Crippen molar-refractivity contribution in [1.29, 1.82) is 0 Å². The Hall–Kier alpha value is -1.26. The molecule has 0 spiro atoms. The number of hydrogen-bond acceptors (Lipinski definition) is 4. The van der Waals surface area contributed by atoms with E-state index in [1.54, 1.807) is 0 Å². The van der Waals surface area contributed by atoms with Crippen LogP contribution in [0.25, 0.3) is 0 Å². The van der Waals surface area contributed by atoms with Gasteiger partial charge in [-0.2, -0.15) is 0 Å². The van der Waals surface area contributed by atoms with Gasteiger partial charge in [0.05, 0.1) is 31.3 Å². The molecular weight excluding hydrogens is 290 g/mol. The number of nitrogens with one attached hydrogen (secondary N) is 2. The van der Waals surface area contributed by atoms with Crippen molar-refractivity contribution in [2.45, 2.75) is 89.4 Å². The summed E-state index contributed by atoms with van der Waals surface area (Å²) in [5, 5.41) is 7.27. The van der Waals surface area contributed by atoms with E-state index in [4.69, 9.17) is 4.74 Å². The molecule has 5 nitrogen and oxygen atoms in total. The smallest absolute Gasteiger partial charge is 0.346 e. The third kappa shape index (κ3) is 3.20. The molecule has 23 heavy (non-hydrogen) atoms. The molecule has 0 aromatic rings. The molecule has 1 saturated heterocycles. The van der Waals surface area contributed by atoms with Gasteiger partial charge in [-0.15, -0.1) is 0 Å². The van der Waals surface area contributed by atoms with Crippen LogP contribution in [0.1, 0.15) is 65.2 Å². The van der Waals surface area contributed by atoms with Gasteiger partial charge in [0, 0.05) is 6.42 Å². The van der Waals surface area contributed by atoms with Crippen LogP contribution in [0.3, 0.4) is 0 Å². The Labute approximate surface area is 139 Å². The molecule has 0 saturated carbocycles. The first-order chi connectivity index (χ1) is 11.2. The SMILES string of the molecule is CCCCCCC1CC2CCC3C(C(=O)OC)C(C)NC(=[N+]23)N1. The molecule has 5 atom stereocenters. The summed E-state index contributed by atoms with van der Waals surface area (Å²) < 4.78 is 7.50. The molecular formula is C18H32N3O2+. The summed E-state index contributed by atoms with van der Waals surface area (Å²) in [5.74, 6) is 1.03. The normalized spacial score (nSPS) is 35.3. The molecule has 5 unspecified atom stereocenters. The molecule has 3 aliphatic heterocycles. The molecule has 0 aromatic heterocycles. The number of guanidine groups is 1. The van der Waals surface area contributed by atoms with Crippen LogP contribution in [-0.4, -0.2) is 47.8 Å². The average molecular weight is 322 g/mol. The summed E-state index contributed by atoms with van der Waals surface area (Å²) in [5.41, 5.74) is 0. The van der Waals surface area contributed by atoms with Crippen LogP contribution in [-0.2, 0) is 9.53 Å². The molecule has 0 bridgehead atoms. The fourth-order valence-electron chi connectivity index (χ4n) is 4.76. The zero-order chi connectivity index (χ0) is 16.4. The van der Waals surface area contributed by atoms with Crippen LogP contribution in [0.15, 0.2) is 0 Å². The van der Waals surface area contributed by atoms with E-state index in [9.17, 15) is 4.79 Å². The van der Waals surface area contributed by atoms with Gasteiger partial charge in [0.2, 0.25) is 0 Å². The van der Waals surface area contributed by atoms with Gasteiger partial charge in [-0.1, -0.05) is 32.6 Å². The minimum atomic E-state index is -0.0728. The summed E-state index contributed by atoms with van der Waals surface area (Å²) in [6.45, 7) is 4.36. The lowest BCUT2D eigenvalue weighted by atomic mass is 9.90. The Morgan fingerprint density at radius 1 is 1.26 bits per heavy atom. The number of nitrogens with zero attached hydrogens (tertiary/aromatic N) is 1. The standard InChI is InChI=1S/C18H31N3O2/c1-4-5-6-7-8-13-11-14-9-10-15-16(17(22)23-3)12(2)19-18(20-13)21(14)15/h12-16H,4-11H2,1-3H3,(H,19,20)/p+1. The molecule has 3 aliphatic rings. The first kappa shape index (κ1) is 16.6. The van der Waals surface area contributed by atoms with Crippen molar-refractivity contribution in [1.82, 2.24) is 10.6 Å². The number of rotatable bonds is 6. The van der Waals surface area contributed by atoms with E-state index in [2.05, 4.69) is 29.1 Å². The molecule has 0 aromatic carbocycles. The van der Waals surface area contributed by atoms with Gasteiger partial charge in [0.25, 0.3) is 0 Å². The van der Waals surface area contributed by atoms with Crippen molar-refractivity contribution in [2.75, 3.05) is 7.11 Å². The van der Waals surface area contributed by atoms with Gasteiger partial charge in [0.1, 0.15) is 5.92 Å². The number of carbonyl (C=O) groups is 1. The fourth-order valence-corrected chi connectivity index (χ4v) is 4.76. The first-order valence-electron chi connectivity index (χ1n) is 9.41. The van der Waals surface area contributed by atoms with Gasteiger partial charge in [-0.05, 0) is 26.2 Å². The predicted molar refractivity (Wildman–Crippen MR) is 90.5 cm³/mol. The number of esters is 1. The highest BCUT2D eigenvalue weighted by Crippen LogP contribution is 2.34. The van der Waals surface area contributed by atoms with Crippen LogP contribution in [0.4, 0.5) is 0 Å². The van der Waals surface area contributed by atoms with Crippen LogP contribution >= 0.6 is 0 Å². The summed E-state index contributed by atoms with van der Waals surface area (Å²) in [7, 11) is 1.50. The number of hydrogen-bond donors (Lipinski definition) is 2. The first-order valence-corrected chi connectivity index (χ1v) is 9.41. The minimum absolute atomic E-state index is 0.0587. The van der Waals surface area contributed by atoms with Gasteiger partial charge in [0.15, 0.2) is 0 Å². The maximum atomic E-state index is 12.2. The molecule has 0 radical (unpaired) electrons. The highest BCUT2D eigenvalue weighted by atomic mass is 16.5. The van der Waals surface area contributed by atoms with Gasteiger partial charge in [-0.3, -0.25) is 20.0 Å². The van der Waals surface area contributed by atoms with Gasteiger partial charge < -0.3 is 4.74 Å². The van der Waals surface area contributed by atoms with Crippen molar-refractivity contribution in [3.63, 3.8) is 0 Å². The second-order valence-corrected chi connectivity index (χ2v) is 7.46. The van der Waals surface area contributed by atoms with E-state index in [0.29, 0.717) is 18.1 Å². The maximum absolute atomic E-state index is 12.2. The Kier molecular flexibility index (Phi) is 5.12. The molecule has 2 N–H and O–H groups in total. The summed E-state index contributed by atoms with van der Waals surface area (Å²) in [4.78, 5) is 12.2. The fraction of sp³-hybridized carbons (Fsp3) is 0.889. The monoisotopic (exact) mass is 322 g/mol. The maximum Gasteiger partial charge on any atom is 0.346 e. The summed E-state index contributed by atoms with van der Waals surface area (Å²) in [6, 6.07) is 1.59. The van der Waals surface area contributed by atoms with E-state index in [1.165, 1.54) is 52.1 Å². The summed E-state index contributed by atoms with van der Waals surface area (Å²) >= 11 is 0. The lowest BCUT2D eigenvalue weighted by Crippen LogP contribution is -2.66. The van der Waals surface area contributed by atoms with Crippen molar-refractivity contribution in [3.8, 4) is 0 Å². The second-order valence-electron chi connectivity index (χ2n) is 7.46. The molecule has 1 fully saturated rings. The molecule has 130 valence electrons. The molecule has 3 rings (SSSR count). The van der Waals surface area contributed by atoms with Crippen molar-refractivity contribution >= 4 is 11.9 Å². The zero-order valence-electron chi connectivity index (χ0n) is 14.8. The number of methoxy groups -OCH3 is 1. The van der Waals surface area contributed by atoms with Crippen molar-refractivity contribution in [2.24, 2.45) is 5.92 Å². The lowest BCUT2D eigenvalue weighted by molar-refractivity contribution is -0.598. The van der Waals surface area contributed by atoms with Gasteiger partial charge >= 0.3 is 11.9 Å². The van der Waals surface area contributed by atoms with Crippen LogP contribution in [0, 0.1) is 5.92 Å². The zero-order valence-corrected chi connectivity index (χ0v) is 14.8. The third-order valence-corrected chi connectivity index (χ3v) is 5.90. The second kappa shape index (κ2) is 7.10. The molecule has 5 heteroatoms. The van der Waals surface area contributed by atoms with E-state index in [1.807, 2.05) is 0 Å². The van der Waals surface area contributed by atoms with Crippen LogP contribution in [0.2, 0.25) is 0 Å². The Morgan fingerprint density at radius 3 is 2.83 bits per heavy atom. The van der Waals surface area contributed by atoms with E-state index in [-0.39, 0.29) is 17.9 Å². The number of unbranched alkanes of at least 4 members (excludes halogenated alkanes) is 3. The molecule has 0 aliphatic carbocycles. The van der Waals surface area contributed by atoms with Crippen molar-refractivity contribution < 1.29 is 14.1 Å². The number of carbonyl (C=O) groups excluding carboxylic acids is 1. The Morgan fingerprint density at radius 2 is 2.09 bits per heavy atom. The quantitative estimate of drug-likeness (QED) is 0.446. The largest absolute Gasteiger partial charge is 0.469 e. The van der Waals surface area contributed by atoms with E-state index < -0.39 is 0 Å². The average Bonchev–Trinajstić information content (AvgIpc) is 2.96. The van der Waals surface area contributed by atoms with Crippen molar-refractivity contribution in [3.05, 3.63) is 0 Å². The summed E-state index contributed by atoms with van der Waals surface area (Å²) in [6.07, 6.45) is 10.1. The third-order valence-electron chi connectivity index (χ3n) is 5.90. The van der Waals surface area contributed by atoms with E-state index >= 15 is 0 Å². The highest BCUT2D eigenvalue weighted by Gasteiger charge is 2.52. The van der Waals surface area contributed by atoms with Gasteiger partial charge in [-0.25, -0.2) is 0 Å². The van der Waals surface area contributed by atoms with E-state index in [0.717, 1.165) is 12.4 Å². The Bertz CT molecular complexity index is 477. The van der Waals surface area contributed by atoms with Crippen LogP contribution < -0.4 is 10.6 Å². The Balaban J connectivity index is 1.69. The number of ether oxygens (including phenoxy) is 1. The molecule has 0 amide bonds. The topological polar surface area (TPSA) is 53.4 Å². The molecule has 3 heterocycles. The van der Waals surface area contributed by atoms with Crippen LogP contribution in [0.5, 0.6) is 0 Å².